The van der Waals surface area contributed by atoms with Crippen LogP contribution in [0.5, 0.6) is 0 Å². The Morgan fingerprint density at radius 2 is 0.942 bits per heavy atom. The Bertz CT molecular complexity index is 1150. The van der Waals surface area contributed by atoms with Crippen LogP contribution in [-0.2, 0) is 19.1 Å². The first-order chi connectivity index (χ1) is 25.3. The number of ether oxygens (including phenoxy) is 1. The zero-order valence-corrected chi connectivity index (χ0v) is 33.4. The lowest BCUT2D eigenvalue weighted by molar-refractivity contribution is -0.134. The van der Waals surface area contributed by atoms with Gasteiger partial charge in [0.2, 0.25) is 17.7 Å². The van der Waals surface area contributed by atoms with Crippen molar-refractivity contribution in [1.29, 1.82) is 0 Å². The van der Waals surface area contributed by atoms with Crippen molar-refractivity contribution in [2.75, 3.05) is 85.1 Å². The normalized spacial score (nSPS) is 38.8. The van der Waals surface area contributed by atoms with Crippen LogP contribution in [0.25, 0.3) is 0 Å². The van der Waals surface area contributed by atoms with Gasteiger partial charge < -0.3 is 35.4 Å². The standard InChI is InChI=1S/C14H24N2O2.C14H24N2O.C13H22N2OS/c1-15-13-7-11-6-12(11)9-16(14(13)17)8-10-2-4-18-5-3-10;1-15-13-7-11-6-12(11)9-16(14(13)17)8-10-4-2-3-5-10;1-14-12-5-10-4-11(10)7-15(13(12)16)6-9-2-3-17-8-9/h10-13,15H,2-9H2,1H3;10-13,15H,2-9H2,1H3;9-12,14H,2-8H2,1H3. The number of likely N-dealkylation sites (tertiary alicyclic amines) is 3. The van der Waals surface area contributed by atoms with Crippen LogP contribution in [0.4, 0.5) is 0 Å². The minimum atomic E-state index is 0.0577. The molecule has 9 rings (SSSR count). The molecule has 294 valence electrons. The number of carbonyl (C=O) groups excluding carboxylic acids is 3. The van der Waals surface area contributed by atoms with Gasteiger partial charge in [-0.25, -0.2) is 0 Å². The first kappa shape index (κ1) is 38.9. The summed E-state index contributed by atoms with van der Waals surface area (Å²) in [6.07, 6.45) is 16.1. The molecule has 3 amide bonds. The minimum absolute atomic E-state index is 0.0577. The topological polar surface area (TPSA) is 106 Å². The summed E-state index contributed by atoms with van der Waals surface area (Å²) in [6, 6.07) is 0.234. The highest BCUT2D eigenvalue weighted by Crippen LogP contribution is 2.47. The van der Waals surface area contributed by atoms with Crippen LogP contribution in [0, 0.1) is 53.3 Å². The molecule has 0 bridgehead atoms. The van der Waals surface area contributed by atoms with Crippen molar-refractivity contribution in [3.8, 4) is 0 Å². The Balaban J connectivity index is 0.000000121. The molecular weight excluding hydrogens is 673 g/mol. The van der Waals surface area contributed by atoms with Gasteiger partial charge in [-0.05, 0) is 157 Å². The Morgan fingerprint density at radius 3 is 1.33 bits per heavy atom. The molecule has 0 radical (unpaired) electrons. The molecule has 11 heteroatoms. The zero-order chi connectivity index (χ0) is 36.2. The van der Waals surface area contributed by atoms with Crippen LogP contribution < -0.4 is 16.0 Å². The number of hydrogen-bond acceptors (Lipinski definition) is 8. The summed E-state index contributed by atoms with van der Waals surface area (Å²) in [6.45, 7) is 7.79. The molecule has 0 aromatic heterocycles. The Morgan fingerprint density at radius 1 is 0.538 bits per heavy atom. The van der Waals surface area contributed by atoms with E-state index >= 15 is 0 Å². The van der Waals surface area contributed by atoms with E-state index in [1.807, 2.05) is 32.9 Å². The Labute approximate surface area is 318 Å². The summed E-state index contributed by atoms with van der Waals surface area (Å²) in [5.74, 6) is 10.6. The van der Waals surface area contributed by atoms with Gasteiger partial charge >= 0.3 is 0 Å². The predicted octanol–water partition coefficient (Wildman–Crippen LogP) is 3.70. The highest BCUT2D eigenvalue weighted by Gasteiger charge is 2.48. The fraction of sp³-hybridized carbons (Fsp3) is 0.927. The van der Waals surface area contributed by atoms with Gasteiger partial charge in [-0.2, -0.15) is 11.8 Å². The first-order valence-electron chi connectivity index (χ1n) is 21.4. The summed E-state index contributed by atoms with van der Waals surface area (Å²) in [5.41, 5.74) is 0. The van der Waals surface area contributed by atoms with Crippen LogP contribution >= 0.6 is 11.8 Å². The van der Waals surface area contributed by atoms with Crippen molar-refractivity contribution in [1.82, 2.24) is 30.7 Å². The lowest BCUT2D eigenvalue weighted by atomic mass is 9.99. The highest BCUT2D eigenvalue weighted by atomic mass is 32.2. The molecule has 9 aliphatic rings. The lowest BCUT2D eigenvalue weighted by Crippen LogP contribution is -2.47. The van der Waals surface area contributed by atoms with Gasteiger partial charge in [0.05, 0.1) is 18.1 Å². The van der Waals surface area contributed by atoms with Gasteiger partial charge in [0.25, 0.3) is 0 Å². The lowest BCUT2D eigenvalue weighted by Gasteiger charge is -2.31. The minimum Gasteiger partial charge on any atom is -0.381 e. The Kier molecular flexibility index (Phi) is 13.5. The number of rotatable bonds is 9. The number of nitrogens with one attached hydrogen (secondary N) is 3. The molecule has 10 atom stereocenters. The van der Waals surface area contributed by atoms with E-state index in [1.54, 1.807) is 0 Å². The van der Waals surface area contributed by atoms with Gasteiger partial charge in [0, 0.05) is 52.5 Å². The number of amides is 3. The number of carbonyl (C=O) groups is 3. The summed E-state index contributed by atoms with van der Waals surface area (Å²) in [7, 11) is 5.77. The van der Waals surface area contributed by atoms with Crippen LogP contribution in [0.15, 0.2) is 0 Å². The molecule has 5 heterocycles. The average molecular weight is 743 g/mol. The second-order valence-corrected chi connectivity index (χ2v) is 19.3. The van der Waals surface area contributed by atoms with Gasteiger partial charge in [0.15, 0.2) is 0 Å². The molecule has 5 saturated heterocycles. The molecule has 52 heavy (non-hydrogen) atoms. The zero-order valence-electron chi connectivity index (χ0n) is 32.6. The van der Waals surface area contributed by atoms with Crippen molar-refractivity contribution in [2.45, 2.75) is 102 Å². The average Bonchev–Trinajstić information content (AvgIpc) is 4.10. The molecule has 0 spiro atoms. The fourth-order valence-corrected chi connectivity index (χ4v) is 11.7. The molecule has 4 saturated carbocycles. The largest absolute Gasteiger partial charge is 0.381 e. The number of fused-ring (bicyclic) bond motifs is 3. The van der Waals surface area contributed by atoms with E-state index in [2.05, 4.69) is 30.7 Å². The SMILES string of the molecule is CNC1CC2CC2CN(CC2CCCC2)C1=O.CNC1CC2CC2CN(CC2CCOCC2)C1=O.CNC1CC2CC2CN(CC2CCSC2)C1=O. The number of likely N-dealkylation sites (N-methyl/N-ethyl adjacent to an activating group) is 3. The van der Waals surface area contributed by atoms with Crippen molar-refractivity contribution in [2.24, 2.45) is 53.3 Å². The van der Waals surface area contributed by atoms with E-state index in [9.17, 15) is 14.4 Å². The summed E-state index contributed by atoms with van der Waals surface area (Å²) < 4.78 is 5.40. The van der Waals surface area contributed by atoms with E-state index in [1.165, 1.54) is 62.9 Å². The molecule has 5 aliphatic heterocycles. The maximum absolute atomic E-state index is 12.4. The maximum atomic E-state index is 12.4. The summed E-state index contributed by atoms with van der Waals surface area (Å²) >= 11 is 2.04. The maximum Gasteiger partial charge on any atom is 0.239 e. The second kappa shape index (κ2) is 18.0. The molecule has 3 N–H and O–H groups in total. The van der Waals surface area contributed by atoms with Gasteiger partial charge in [-0.3, -0.25) is 14.4 Å². The van der Waals surface area contributed by atoms with Gasteiger partial charge in [-0.15, -0.1) is 0 Å². The van der Waals surface area contributed by atoms with Gasteiger partial charge in [0.1, 0.15) is 0 Å². The second-order valence-electron chi connectivity index (χ2n) is 18.2. The van der Waals surface area contributed by atoms with E-state index in [4.69, 9.17) is 4.74 Å². The summed E-state index contributed by atoms with van der Waals surface area (Å²) in [4.78, 5) is 43.7. The summed E-state index contributed by atoms with van der Waals surface area (Å²) in [5, 5.41) is 9.63. The van der Waals surface area contributed by atoms with Crippen LogP contribution in [-0.4, -0.2) is 136 Å². The molecule has 9 fully saturated rings. The number of hydrogen-bond donors (Lipinski definition) is 3. The molecule has 0 aromatic rings. The Hall–Kier alpha value is -1.40. The molecule has 0 aromatic carbocycles. The van der Waals surface area contributed by atoms with Crippen molar-refractivity contribution < 1.29 is 19.1 Å². The van der Waals surface area contributed by atoms with Gasteiger partial charge in [-0.1, -0.05) is 12.8 Å². The van der Waals surface area contributed by atoms with Crippen LogP contribution in [0.3, 0.4) is 0 Å². The highest BCUT2D eigenvalue weighted by molar-refractivity contribution is 7.99. The predicted molar refractivity (Wildman–Crippen MR) is 208 cm³/mol. The molecule has 10 nitrogen and oxygen atoms in total. The van der Waals surface area contributed by atoms with E-state index < -0.39 is 0 Å². The third-order valence-electron chi connectivity index (χ3n) is 14.3. The van der Waals surface area contributed by atoms with Crippen molar-refractivity contribution in [3.63, 3.8) is 0 Å². The van der Waals surface area contributed by atoms with Crippen LogP contribution in [0.1, 0.15) is 83.5 Å². The molecule has 4 aliphatic carbocycles. The van der Waals surface area contributed by atoms with Crippen molar-refractivity contribution in [3.05, 3.63) is 0 Å². The fourth-order valence-electron chi connectivity index (χ4n) is 10.5. The van der Waals surface area contributed by atoms with E-state index in [-0.39, 0.29) is 18.1 Å². The van der Waals surface area contributed by atoms with E-state index in [0.717, 1.165) is 132 Å². The smallest absolute Gasteiger partial charge is 0.239 e. The van der Waals surface area contributed by atoms with Crippen molar-refractivity contribution >= 4 is 29.5 Å². The quantitative estimate of drug-likeness (QED) is 0.329. The number of thioether (sulfide) groups is 1. The first-order valence-corrected chi connectivity index (χ1v) is 22.5. The number of nitrogens with zero attached hydrogens (tertiary/aromatic N) is 3. The monoisotopic (exact) mass is 743 g/mol. The molecular formula is C41H70N6O4S. The van der Waals surface area contributed by atoms with E-state index in [0.29, 0.717) is 23.6 Å². The van der Waals surface area contributed by atoms with Crippen LogP contribution in [0.2, 0.25) is 0 Å². The third kappa shape index (κ3) is 10.1. The molecule has 10 unspecified atom stereocenters. The third-order valence-corrected chi connectivity index (χ3v) is 15.6.